The summed E-state index contributed by atoms with van der Waals surface area (Å²) in [6.07, 6.45) is 3.57. The second-order valence-electron chi connectivity index (χ2n) is 4.32. The van der Waals surface area contributed by atoms with E-state index in [1.54, 1.807) is 6.20 Å². The van der Waals surface area contributed by atoms with Crippen LogP contribution in [-0.4, -0.2) is 9.97 Å². The van der Waals surface area contributed by atoms with Crippen LogP contribution in [-0.2, 0) is 0 Å². The third-order valence-corrected chi connectivity index (χ3v) is 2.97. The number of nitrogens with zero attached hydrogens (tertiary/aromatic N) is 2. The summed E-state index contributed by atoms with van der Waals surface area (Å²) in [5.74, 6) is 0.926. The Morgan fingerprint density at radius 2 is 1.94 bits per heavy atom. The van der Waals surface area contributed by atoms with Crippen molar-refractivity contribution in [2.75, 3.05) is 0 Å². The summed E-state index contributed by atoms with van der Waals surface area (Å²) in [6, 6.07) is 10.1. The summed E-state index contributed by atoms with van der Waals surface area (Å²) in [7, 11) is 0. The van der Waals surface area contributed by atoms with Crippen molar-refractivity contribution in [2.45, 2.75) is 25.9 Å². The van der Waals surface area contributed by atoms with E-state index in [2.05, 4.69) is 35.2 Å². The topological polar surface area (TPSA) is 64.5 Å². The molecule has 2 unspecified atom stereocenters. The molecule has 0 saturated carbocycles. The maximum atomic E-state index is 8.76. The van der Waals surface area contributed by atoms with E-state index in [-0.39, 0.29) is 12.1 Å². The molecule has 1 heterocycles. The van der Waals surface area contributed by atoms with E-state index in [9.17, 15) is 0 Å². The fourth-order valence-corrected chi connectivity index (χ4v) is 1.91. The molecule has 0 fully saturated rings. The lowest BCUT2D eigenvalue weighted by atomic mass is 10.1. The van der Waals surface area contributed by atoms with E-state index >= 15 is 0 Å². The Hall–Kier alpha value is -2.12. The van der Waals surface area contributed by atoms with Gasteiger partial charge in [0.25, 0.3) is 0 Å². The Kier molecular flexibility index (Phi) is 3.75. The molecule has 1 aromatic heterocycles. The van der Waals surface area contributed by atoms with Crippen LogP contribution in [0.3, 0.4) is 0 Å². The minimum atomic E-state index is 0.158. The monoisotopic (exact) mass is 240 g/mol. The number of H-pyrrole nitrogens is 1. The third kappa shape index (κ3) is 2.76. The van der Waals surface area contributed by atoms with Crippen molar-refractivity contribution in [2.24, 2.45) is 0 Å². The van der Waals surface area contributed by atoms with Crippen molar-refractivity contribution in [3.63, 3.8) is 0 Å². The molecule has 0 amide bonds. The van der Waals surface area contributed by atoms with Crippen molar-refractivity contribution in [3.8, 4) is 6.07 Å². The van der Waals surface area contributed by atoms with Gasteiger partial charge in [-0.3, -0.25) is 0 Å². The molecule has 18 heavy (non-hydrogen) atoms. The number of rotatable bonds is 4. The molecule has 0 aliphatic heterocycles. The predicted molar refractivity (Wildman–Crippen MR) is 69.7 cm³/mol. The normalized spacial score (nSPS) is 13.8. The first-order valence-electron chi connectivity index (χ1n) is 5.96. The summed E-state index contributed by atoms with van der Waals surface area (Å²) < 4.78 is 0. The number of aromatic nitrogens is 2. The van der Waals surface area contributed by atoms with E-state index in [0.29, 0.717) is 5.56 Å². The Bertz CT molecular complexity index is 522. The molecule has 2 rings (SSSR count). The summed E-state index contributed by atoms with van der Waals surface area (Å²) in [5, 5.41) is 12.2. The van der Waals surface area contributed by atoms with Gasteiger partial charge in [0.05, 0.1) is 17.7 Å². The number of nitriles is 1. The van der Waals surface area contributed by atoms with Crippen LogP contribution in [0.5, 0.6) is 0 Å². The van der Waals surface area contributed by atoms with Crippen LogP contribution in [0.15, 0.2) is 36.7 Å². The lowest BCUT2D eigenvalue weighted by Crippen LogP contribution is -2.23. The van der Waals surface area contributed by atoms with Gasteiger partial charge in [0.15, 0.2) is 0 Å². The molecular formula is C14H16N4. The van der Waals surface area contributed by atoms with Crippen LogP contribution < -0.4 is 5.32 Å². The second kappa shape index (κ2) is 5.48. The van der Waals surface area contributed by atoms with Gasteiger partial charge in [-0.2, -0.15) is 5.26 Å². The lowest BCUT2D eigenvalue weighted by molar-refractivity contribution is 0.479. The molecule has 2 atom stereocenters. The van der Waals surface area contributed by atoms with Crippen molar-refractivity contribution >= 4 is 0 Å². The number of aromatic amines is 1. The van der Waals surface area contributed by atoms with Gasteiger partial charge < -0.3 is 10.3 Å². The van der Waals surface area contributed by atoms with Crippen molar-refractivity contribution in [1.82, 2.24) is 15.3 Å². The van der Waals surface area contributed by atoms with E-state index in [4.69, 9.17) is 5.26 Å². The second-order valence-corrected chi connectivity index (χ2v) is 4.32. The van der Waals surface area contributed by atoms with Gasteiger partial charge in [-0.05, 0) is 31.5 Å². The summed E-state index contributed by atoms with van der Waals surface area (Å²) >= 11 is 0. The Morgan fingerprint density at radius 1 is 1.22 bits per heavy atom. The standard InChI is InChI=1S/C14H16N4/c1-10(13-5-3-12(9-15)4-6-13)18-11(2)14-16-7-8-17-14/h3-8,10-11,18H,1-2H3,(H,16,17). The first-order chi connectivity index (χ1) is 8.70. The van der Waals surface area contributed by atoms with E-state index < -0.39 is 0 Å². The smallest absolute Gasteiger partial charge is 0.122 e. The SMILES string of the molecule is CC(NC(C)c1ncc[nH]1)c1ccc(C#N)cc1. The van der Waals surface area contributed by atoms with Crippen LogP contribution in [0.25, 0.3) is 0 Å². The highest BCUT2D eigenvalue weighted by Gasteiger charge is 2.12. The number of benzene rings is 1. The minimum absolute atomic E-state index is 0.158. The molecule has 92 valence electrons. The van der Waals surface area contributed by atoms with Crippen LogP contribution in [0, 0.1) is 11.3 Å². The van der Waals surface area contributed by atoms with Gasteiger partial charge >= 0.3 is 0 Å². The molecule has 0 aliphatic rings. The summed E-state index contributed by atoms with van der Waals surface area (Å²) in [6.45, 7) is 4.17. The Labute approximate surface area is 107 Å². The molecule has 0 saturated heterocycles. The van der Waals surface area contributed by atoms with Crippen molar-refractivity contribution in [1.29, 1.82) is 5.26 Å². The van der Waals surface area contributed by atoms with Crippen molar-refractivity contribution < 1.29 is 0 Å². The Morgan fingerprint density at radius 3 is 2.50 bits per heavy atom. The molecule has 0 radical (unpaired) electrons. The fourth-order valence-electron chi connectivity index (χ4n) is 1.91. The molecule has 0 spiro atoms. The van der Waals surface area contributed by atoms with Gasteiger partial charge in [-0.15, -0.1) is 0 Å². The molecule has 4 nitrogen and oxygen atoms in total. The molecule has 2 N–H and O–H groups in total. The largest absolute Gasteiger partial charge is 0.347 e. The maximum Gasteiger partial charge on any atom is 0.122 e. The van der Waals surface area contributed by atoms with E-state index in [0.717, 1.165) is 11.4 Å². The number of hydrogen-bond donors (Lipinski definition) is 2. The number of imidazole rings is 1. The zero-order chi connectivity index (χ0) is 13.0. The van der Waals surface area contributed by atoms with Gasteiger partial charge in [-0.1, -0.05) is 12.1 Å². The molecule has 0 bridgehead atoms. The third-order valence-electron chi connectivity index (χ3n) is 2.97. The molecule has 0 aliphatic carbocycles. The Balaban J connectivity index is 2.03. The minimum Gasteiger partial charge on any atom is -0.347 e. The highest BCUT2D eigenvalue weighted by Crippen LogP contribution is 2.17. The predicted octanol–water partition coefficient (Wildman–Crippen LogP) is 2.69. The molecule has 2 aromatic rings. The fraction of sp³-hybridized carbons (Fsp3) is 0.286. The first kappa shape index (κ1) is 12.3. The maximum absolute atomic E-state index is 8.76. The van der Waals surface area contributed by atoms with Gasteiger partial charge in [0, 0.05) is 18.4 Å². The van der Waals surface area contributed by atoms with E-state index in [1.165, 1.54) is 0 Å². The first-order valence-corrected chi connectivity index (χ1v) is 5.96. The number of hydrogen-bond acceptors (Lipinski definition) is 3. The zero-order valence-electron chi connectivity index (χ0n) is 10.5. The summed E-state index contributed by atoms with van der Waals surface area (Å²) in [4.78, 5) is 7.32. The average Bonchev–Trinajstić information content (AvgIpc) is 2.92. The van der Waals surface area contributed by atoms with Crippen LogP contribution in [0.4, 0.5) is 0 Å². The molecule has 1 aromatic carbocycles. The van der Waals surface area contributed by atoms with Gasteiger partial charge in [0.2, 0.25) is 0 Å². The highest BCUT2D eigenvalue weighted by atomic mass is 15.0. The van der Waals surface area contributed by atoms with E-state index in [1.807, 2.05) is 30.5 Å². The quantitative estimate of drug-likeness (QED) is 0.863. The van der Waals surface area contributed by atoms with Gasteiger partial charge in [0.1, 0.15) is 5.82 Å². The summed E-state index contributed by atoms with van der Waals surface area (Å²) in [5.41, 5.74) is 1.84. The van der Waals surface area contributed by atoms with Crippen LogP contribution in [0.2, 0.25) is 0 Å². The average molecular weight is 240 g/mol. The van der Waals surface area contributed by atoms with Crippen LogP contribution >= 0.6 is 0 Å². The molecule has 4 heteroatoms. The number of nitrogens with one attached hydrogen (secondary N) is 2. The van der Waals surface area contributed by atoms with Gasteiger partial charge in [-0.25, -0.2) is 4.98 Å². The van der Waals surface area contributed by atoms with Crippen LogP contribution in [0.1, 0.15) is 42.9 Å². The zero-order valence-corrected chi connectivity index (χ0v) is 10.5. The lowest BCUT2D eigenvalue weighted by Gasteiger charge is -2.19. The highest BCUT2D eigenvalue weighted by molar-refractivity contribution is 5.32. The molecular weight excluding hydrogens is 224 g/mol. The van der Waals surface area contributed by atoms with Crippen molar-refractivity contribution in [3.05, 3.63) is 53.6 Å².